The first-order chi connectivity index (χ1) is 20.6. The number of hydrogen-bond donors (Lipinski definition) is 2. The molecule has 2 aliphatic heterocycles. The minimum Gasteiger partial charge on any atom is -0.496 e. The Labute approximate surface area is 256 Å². The van der Waals surface area contributed by atoms with Crippen molar-refractivity contribution >= 4 is 38.3 Å². The number of rotatable bonds is 7. The number of ether oxygens (including phenoxy) is 1. The van der Waals surface area contributed by atoms with Crippen molar-refractivity contribution in [1.29, 1.82) is 0 Å². The molecule has 1 aromatic heterocycles. The van der Waals surface area contributed by atoms with E-state index in [4.69, 9.17) is 4.74 Å². The number of benzene rings is 1. The van der Waals surface area contributed by atoms with Gasteiger partial charge in [0, 0.05) is 54.5 Å². The summed E-state index contributed by atoms with van der Waals surface area (Å²) in [6.45, 7) is 10.7. The van der Waals surface area contributed by atoms with E-state index >= 15 is 0 Å². The van der Waals surface area contributed by atoms with Gasteiger partial charge in [-0.25, -0.2) is 13.1 Å². The first-order valence-corrected chi connectivity index (χ1v) is 17.5. The second kappa shape index (κ2) is 14.6. The zero-order valence-corrected chi connectivity index (χ0v) is 27.2. The van der Waals surface area contributed by atoms with Gasteiger partial charge in [-0.05, 0) is 56.8 Å². The Balaban J connectivity index is 2.02. The monoisotopic (exact) mass is 612 g/mol. The quantitative estimate of drug-likeness (QED) is 0.438. The Morgan fingerprint density at radius 1 is 1.14 bits per heavy atom. The summed E-state index contributed by atoms with van der Waals surface area (Å²) in [5, 5.41) is 4.01. The van der Waals surface area contributed by atoms with Crippen LogP contribution in [-0.2, 0) is 26.1 Å². The number of fused-ring (bicyclic) bond motifs is 2. The van der Waals surface area contributed by atoms with Crippen LogP contribution in [-0.4, -0.2) is 68.2 Å². The van der Waals surface area contributed by atoms with Crippen molar-refractivity contribution in [2.75, 3.05) is 32.5 Å². The predicted octanol–water partition coefficient (Wildman–Crippen LogP) is 5.32. The standard InChI is InChI=1S/C33H48N4O5S/c1-6-11-23(12-7-2)31-26-16-15-24-20-28(26)37-21-25(22-42-29(9-4)27(13-8-3)32(31)37)36(5)18-17-34-30(38)14-10-19-43(40,41)35-33(24)39/h8,13,15-16,20,23,25H,6-7,9-12,14,17-19,21-22H2,1-5H3,(H,34,38)(H,35,39)/b13-8-,29-27-/t25-/m1/s1. The van der Waals surface area contributed by atoms with E-state index in [-0.39, 0.29) is 30.5 Å². The molecular weight excluding hydrogens is 564 g/mol. The number of nitrogens with one attached hydrogen (secondary N) is 2. The molecule has 3 heterocycles. The third-order valence-electron chi connectivity index (χ3n) is 8.58. The average molecular weight is 613 g/mol. The second-order valence-electron chi connectivity index (χ2n) is 11.7. The minimum atomic E-state index is -3.90. The normalized spacial score (nSPS) is 22.4. The van der Waals surface area contributed by atoms with Crippen LogP contribution in [0.3, 0.4) is 0 Å². The smallest absolute Gasteiger partial charge is 0.264 e. The Hall–Kier alpha value is -3.11. The summed E-state index contributed by atoms with van der Waals surface area (Å²) < 4.78 is 36.7. The maximum absolute atomic E-state index is 13.3. The van der Waals surface area contributed by atoms with E-state index < -0.39 is 15.9 Å². The van der Waals surface area contributed by atoms with Crippen molar-refractivity contribution in [2.24, 2.45) is 0 Å². The summed E-state index contributed by atoms with van der Waals surface area (Å²) in [6, 6.07) is 5.58. The molecule has 236 valence electrons. The number of amides is 2. The summed E-state index contributed by atoms with van der Waals surface area (Å²) in [5.74, 6) is 0.0786. The Bertz CT molecular complexity index is 1480. The van der Waals surface area contributed by atoms with Gasteiger partial charge in [0.2, 0.25) is 15.9 Å². The van der Waals surface area contributed by atoms with Gasteiger partial charge in [-0.3, -0.25) is 14.5 Å². The number of nitrogens with zero attached hydrogens (tertiary/aromatic N) is 2. The highest BCUT2D eigenvalue weighted by Gasteiger charge is 2.31. The lowest BCUT2D eigenvalue weighted by molar-refractivity contribution is -0.121. The Morgan fingerprint density at radius 3 is 2.56 bits per heavy atom. The highest BCUT2D eigenvalue weighted by atomic mass is 32.2. The molecule has 0 radical (unpaired) electrons. The highest BCUT2D eigenvalue weighted by Crippen LogP contribution is 2.43. The van der Waals surface area contributed by atoms with Crippen LogP contribution in [0, 0.1) is 0 Å². The molecule has 0 fully saturated rings. The summed E-state index contributed by atoms with van der Waals surface area (Å²) in [5.41, 5.74) is 4.66. The number of hydrogen-bond acceptors (Lipinski definition) is 6. The zero-order chi connectivity index (χ0) is 31.1. The SMILES string of the molecule is C/C=C\C1=C(/CC)OC[C@H]2Cn3c1c(C(CCC)CCC)c1ccc(cc13)C(=O)NS(=O)(=O)CCCC(=O)NCCN2C. The largest absolute Gasteiger partial charge is 0.496 e. The molecular formula is C33H48N4O5S. The summed E-state index contributed by atoms with van der Waals surface area (Å²) >= 11 is 0. The third kappa shape index (κ3) is 7.52. The molecule has 0 unspecified atom stereocenters. The predicted molar refractivity (Wildman–Crippen MR) is 172 cm³/mol. The Kier molecular flexibility index (Phi) is 11.1. The van der Waals surface area contributed by atoms with Gasteiger partial charge in [0.05, 0.1) is 17.5 Å². The lowest BCUT2D eigenvalue weighted by atomic mass is 9.86. The van der Waals surface area contributed by atoms with Crippen LogP contribution in [0.2, 0.25) is 0 Å². The summed E-state index contributed by atoms with van der Waals surface area (Å²) in [7, 11) is -1.86. The van der Waals surface area contributed by atoms with Crippen LogP contribution in [0.4, 0.5) is 0 Å². The van der Waals surface area contributed by atoms with Crippen LogP contribution >= 0.6 is 0 Å². The van der Waals surface area contributed by atoms with Crippen LogP contribution in [0.15, 0.2) is 36.1 Å². The summed E-state index contributed by atoms with van der Waals surface area (Å²) in [4.78, 5) is 28.0. The van der Waals surface area contributed by atoms with Crippen molar-refractivity contribution < 1.29 is 22.7 Å². The van der Waals surface area contributed by atoms with E-state index in [0.29, 0.717) is 37.7 Å². The van der Waals surface area contributed by atoms with E-state index in [9.17, 15) is 18.0 Å². The van der Waals surface area contributed by atoms with Crippen molar-refractivity contribution in [3.05, 3.63) is 52.9 Å². The van der Waals surface area contributed by atoms with E-state index in [0.717, 1.165) is 60.0 Å². The van der Waals surface area contributed by atoms with Crippen LogP contribution in [0.1, 0.15) is 100 Å². The summed E-state index contributed by atoms with van der Waals surface area (Å²) in [6.07, 6.45) is 9.28. The fourth-order valence-corrected chi connectivity index (χ4v) is 7.45. The molecule has 4 bridgehead atoms. The highest BCUT2D eigenvalue weighted by molar-refractivity contribution is 7.90. The first-order valence-electron chi connectivity index (χ1n) is 15.8. The zero-order valence-electron chi connectivity index (χ0n) is 26.4. The van der Waals surface area contributed by atoms with Crippen LogP contribution in [0.5, 0.6) is 0 Å². The number of sulfonamides is 1. The van der Waals surface area contributed by atoms with Crippen molar-refractivity contribution in [3.63, 3.8) is 0 Å². The van der Waals surface area contributed by atoms with E-state index in [2.05, 4.69) is 46.4 Å². The maximum Gasteiger partial charge on any atom is 0.264 e. The minimum absolute atomic E-state index is 0.00264. The molecule has 43 heavy (non-hydrogen) atoms. The lowest BCUT2D eigenvalue weighted by Crippen LogP contribution is -2.43. The van der Waals surface area contributed by atoms with Gasteiger partial charge in [0.15, 0.2) is 0 Å². The molecule has 9 nitrogen and oxygen atoms in total. The van der Waals surface area contributed by atoms with Gasteiger partial charge in [-0.2, -0.15) is 0 Å². The number of carbonyl (C=O) groups excluding carboxylic acids is 2. The van der Waals surface area contributed by atoms with Gasteiger partial charge in [0.25, 0.3) is 5.91 Å². The van der Waals surface area contributed by atoms with Gasteiger partial charge >= 0.3 is 0 Å². The molecule has 2 N–H and O–H groups in total. The number of carbonyl (C=O) groups is 2. The van der Waals surface area contributed by atoms with E-state index in [1.54, 1.807) is 6.07 Å². The maximum atomic E-state index is 13.3. The molecule has 0 saturated heterocycles. The molecule has 2 amide bonds. The second-order valence-corrected chi connectivity index (χ2v) is 13.6. The molecule has 1 atom stereocenters. The van der Waals surface area contributed by atoms with Crippen molar-refractivity contribution in [2.45, 2.75) is 91.1 Å². The lowest BCUT2D eigenvalue weighted by Gasteiger charge is -2.33. The molecule has 10 heteroatoms. The van der Waals surface area contributed by atoms with Crippen molar-refractivity contribution in [3.8, 4) is 0 Å². The van der Waals surface area contributed by atoms with Crippen LogP contribution in [0.25, 0.3) is 16.5 Å². The number of aromatic nitrogens is 1. The number of allylic oxidation sites excluding steroid dienone is 4. The van der Waals surface area contributed by atoms with E-state index in [1.807, 2.05) is 32.2 Å². The van der Waals surface area contributed by atoms with Gasteiger partial charge in [0.1, 0.15) is 12.4 Å². The number of likely N-dealkylation sites (N-methyl/N-ethyl adjacent to an activating group) is 1. The average Bonchev–Trinajstić information content (AvgIpc) is 3.26. The topological polar surface area (TPSA) is 110 Å². The van der Waals surface area contributed by atoms with Crippen LogP contribution < -0.4 is 10.0 Å². The molecule has 2 aromatic rings. The van der Waals surface area contributed by atoms with Gasteiger partial charge in [-0.15, -0.1) is 0 Å². The molecule has 0 spiro atoms. The molecule has 0 aliphatic carbocycles. The Morgan fingerprint density at radius 2 is 1.88 bits per heavy atom. The van der Waals surface area contributed by atoms with Gasteiger partial charge in [-0.1, -0.05) is 51.8 Å². The third-order valence-corrected chi connectivity index (χ3v) is 9.90. The molecule has 1 aromatic carbocycles. The molecule has 4 rings (SSSR count). The van der Waals surface area contributed by atoms with E-state index in [1.165, 1.54) is 5.56 Å². The first kappa shape index (κ1) is 32.8. The van der Waals surface area contributed by atoms with Gasteiger partial charge < -0.3 is 14.6 Å². The molecule has 2 aliphatic rings. The van der Waals surface area contributed by atoms with Crippen molar-refractivity contribution in [1.82, 2.24) is 19.5 Å². The fraction of sp³-hybridized carbons (Fsp3) is 0.576. The fourth-order valence-electron chi connectivity index (χ4n) is 6.42. The molecule has 0 saturated carbocycles.